The Kier molecular flexibility index (Phi) is 2.31. The van der Waals surface area contributed by atoms with Crippen LogP contribution in [0.1, 0.15) is 13.8 Å². The molecule has 66 valence electrons. The first-order valence-electron chi connectivity index (χ1n) is 3.79. The largest absolute Gasteiger partial charge is 0.478 e. The third kappa shape index (κ3) is 1.55. The van der Waals surface area contributed by atoms with Gasteiger partial charge in [0.1, 0.15) is 6.17 Å². The second kappa shape index (κ2) is 3.09. The summed E-state index contributed by atoms with van der Waals surface area (Å²) in [5.74, 6) is -1.50. The van der Waals surface area contributed by atoms with Gasteiger partial charge in [0.05, 0.1) is 5.57 Å². The second-order valence-electron chi connectivity index (χ2n) is 3.08. The molecule has 0 aliphatic heterocycles. The normalized spacial score (nSPS) is 29.2. The molecule has 2 atom stereocenters. The molecule has 1 aliphatic rings. The van der Waals surface area contributed by atoms with Gasteiger partial charge in [-0.1, -0.05) is 18.6 Å². The lowest BCUT2D eigenvalue weighted by atomic mass is 9.90. The van der Waals surface area contributed by atoms with Gasteiger partial charge >= 0.3 is 5.97 Å². The van der Waals surface area contributed by atoms with Crippen LogP contribution in [0.15, 0.2) is 23.3 Å². The van der Waals surface area contributed by atoms with E-state index in [1.54, 1.807) is 19.9 Å². The molecule has 12 heavy (non-hydrogen) atoms. The molecule has 3 heteroatoms. The van der Waals surface area contributed by atoms with Gasteiger partial charge in [-0.25, -0.2) is 9.18 Å². The number of hydrogen-bond acceptors (Lipinski definition) is 1. The Labute approximate surface area is 70.4 Å². The third-order valence-electron chi connectivity index (χ3n) is 1.91. The fourth-order valence-corrected chi connectivity index (χ4v) is 1.34. The molecular weight excluding hydrogens is 159 g/mol. The van der Waals surface area contributed by atoms with Crippen LogP contribution in [0, 0.1) is 5.92 Å². The maximum absolute atomic E-state index is 13.2. The number of rotatable bonds is 1. The molecule has 0 aromatic rings. The Hall–Kier alpha value is -1.12. The van der Waals surface area contributed by atoms with E-state index >= 15 is 0 Å². The number of carboxylic acid groups (broad SMARTS) is 1. The zero-order valence-corrected chi connectivity index (χ0v) is 7.04. The first-order valence-corrected chi connectivity index (χ1v) is 3.79. The van der Waals surface area contributed by atoms with Crippen LogP contribution in [-0.2, 0) is 4.79 Å². The summed E-state index contributed by atoms with van der Waals surface area (Å²) < 4.78 is 13.2. The predicted molar refractivity (Wildman–Crippen MR) is 43.5 cm³/mol. The van der Waals surface area contributed by atoms with E-state index in [1.165, 1.54) is 6.08 Å². The Bertz CT molecular complexity index is 266. The molecule has 0 aromatic carbocycles. The quantitative estimate of drug-likeness (QED) is 0.652. The minimum absolute atomic E-state index is 0.137. The monoisotopic (exact) mass is 170 g/mol. The summed E-state index contributed by atoms with van der Waals surface area (Å²) in [6, 6.07) is 0. The highest BCUT2D eigenvalue weighted by Crippen LogP contribution is 2.25. The molecule has 0 fully saturated rings. The average molecular weight is 170 g/mol. The van der Waals surface area contributed by atoms with Crippen molar-refractivity contribution in [3.8, 4) is 0 Å². The Morgan fingerprint density at radius 1 is 1.67 bits per heavy atom. The van der Waals surface area contributed by atoms with Crippen LogP contribution in [0.4, 0.5) is 4.39 Å². The maximum Gasteiger partial charge on any atom is 0.334 e. The van der Waals surface area contributed by atoms with E-state index in [-0.39, 0.29) is 11.5 Å². The van der Waals surface area contributed by atoms with Gasteiger partial charge in [0.2, 0.25) is 0 Å². The minimum atomic E-state index is -1.37. The molecule has 1 aliphatic carbocycles. The Morgan fingerprint density at radius 3 is 2.75 bits per heavy atom. The predicted octanol–water partition coefficient (Wildman–Crippen LogP) is 1.93. The zero-order chi connectivity index (χ0) is 9.30. The maximum atomic E-state index is 13.2. The van der Waals surface area contributed by atoms with Crippen LogP contribution < -0.4 is 0 Å². The van der Waals surface area contributed by atoms with Gasteiger partial charge in [-0.15, -0.1) is 0 Å². The van der Waals surface area contributed by atoms with Crippen LogP contribution in [0.2, 0.25) is 0 Å². The summed E-state index contributed by atoms with van der Waals surface area (Å²) in [4.78, 5) is 10.5. The minimum Gasteiger partial charge on any atom is -0.478 e. The highest BCUT2D eigenvalue weighted by atomic mass is 19.1. The summed E-state index contributed by atoms with van der Waals surface area (Å²) in [5.41, 5.74) is 0.677. The number of allylic oxidation sites excluding steroid dienone is 3. The highest BCUT2D eigenvalue weighted by Gasteiger charge is 2.27. The van der Waals surface area contributed by atoms with E-state index in [4.69, 9.17) is 5.11 Å². The van der Waals surface area contributed by atoms with Crippen molar-refractivity contribution in [1.82, 2.24) is 0 Å². The summed E-state index contributed by atoms with van der Waals surface area (Å²) >= 11 is 0. The smallest absolute Gasteiger partial charge is 0.334 e. The molecule has 2 nitrogen and oxygen atoms in total. The van der Waals surface area contributed by atoms with E-state index in [1.807, 2.05) is 0 Å². The molecule has 0 amide bonds. The van der Waals surface area contributed by atoms with Crippen molar-refractivity contribution in [2.45, 2.75) is 20.0 Å². The van der Waals surface area contributed by atoms with E-state index in [9.17, 15) is 9.18 Å². The zero-order valence-electron chi connectivity index (χ0n) is 7.04. The van der Waals surface area contributed by atoms with Crippen molar-refractivity contribution in [3.05, 3.63) is 23.3 Å². The Morgan fingerprint density at radius 2 is 2.25 bits per heavy atom. The third-order valence-corrected chi connectivity index (χ3v) is 1.91. The van der Waals surface area contributed by atoms with Gasteiger partial charge in [0, 0.05) is 5.92 Å². The number of aliphatic carboxylic acids is 1. The van der Waals surface area contributed by atoms with Crippen molar-refractivity contribution in [2.24, 2.45) is 5.92 Å². The van der Waals surface area contributed by atoms with Crippen molar-refractivity contribution in [2.75, 3.05) is 0 Å². The van der Waals surface area contributed by atoms with Gasteiger partial charge in [-0.05, 0) is 13.0 Å². The average Bonchev–Trinajstić information content (AvgIpc) is 1.96. The molecule has 2 unspecified atom stereocenters. The molecule has 0 saturated heterocycles. The lowest BCUT2D eigenvalue weighted by Gasteiger charge is -2.18. The molecule has 1 N–H and O–H groups in total. The number of alkyl halides is 1. The number of carbonyl (C=O) groups is 1. The van der Waals surface area contributed by atoms with Crippen LogP contribution >= 0.6 is 0 Å². The molecule has 1 rings (SSSR count). The lowest BCUT2D eigenvalue weighted by molar-refractivity contribution is -0.133. The fourth-order valence-electron chi connectivity index (χ4n) is 1.34. The standard InChI is InChI=1S/C9H11FO2/c1-5-3-6(2)8(10)7(4-5)9(11)12/h3-4,6,8H,1-2H3,(H,11,12). The van der Waals surface area contributed by atoms with Crippen molar-refractivity contribution < 1.29 is 14.3 Å². The first-order chi connectivity index (χ1) is 5.52. The van der Waals surface area contributed by atoms with Gasteiger partial charge in [-0.3, -0.25) is 0 Å². The lowest BCUT2D eigenvalue weighted by Crippen LogP contribution is -2.22. The number of carboxylic acids is 1. The topological polar surface area (TPSA) is 37.3 Å². The molecule has 0 aromatic heterocycles. The molecule has 0 heterocycles. The molecule has 0 radical (unpaired) electrons. The van der Waals surface area contributed by atoms with E-state index in [0.29, 0.717) is 0 Å². The summed E-state index contributed by atoms with van der Waals surface area (Å²) in [5, 5.41) is 8.61. The van der Waals surface area contributed by atoms with E-state index in [2.05, 4.69) is 0 Å². The summed E-state index contributed by atoms with van der Waals surface area (Å²) in [6.07, 6.45) is 1.75. The first kappa shape index (κ1) is 8.97. The van der Waals surface area contributed by atoms with Crippen LogP contribution in [-0.4, -0.2) is 17.2 Å². The second-order valence-corrected chi connectivity index (χ2v) is 3.08. The molecule has 0 saturated carbocycles. The van der Waals surface area contributed by atoms with Gasteiger partial charge in [-0.2, -0.15) is 0 Å². The van der Waals surface area contributed by atoms with Gasteiger partial charge in [0.15, 0.2) is 0 Å². The van der Waals surface area contributed by atoms with E-state index < -0.39 is 12.1 Å². The van der Waals surface area contributed by atoms with Crippen LogP contribution in [0.5, 0.6) is 0 Å². The SMILES string of the molecule is CC1=CC(C)C(F)C(C(=O)O)=C1. The number of halogens is 1. The number of hydrogen-bond donors (Lipinski definition) is 1. The molecule has 0 spiro atoms. The Balaban J connectivity index is 2.98. The summed E-state index contributed by atoms with van der Waals surface area (Å²) in [6.45, 7) is 3.44. The highest BCUT2D eigenvalue weighted by molar-refractivity contribution is 5.88. The van der Waals surface area contributed by atoms with Crippen LogP contribution in [0.25, 0.3) is 0 Å². The van der Waals surface area contributed by atoms with Crippen molar-refractivity contribution in [3.63, 3.8) is 0 Å². The van der Waals surface area contributed by atoms with E-state index in [0.717, 1.165) is 5.57 Å². The molecule has 0 bridgehead atoms. The van der Waals surface area contributed by atoms with Gasteiger partial charge in [0.25, 0.3) is 0 Å². The van der Waals surface area contributed by atoms with Gasteiger partial charge < -0.3 is 5.11 Å². The fraction of sp³-hybridized carbons (Fsp3) is 0.444. The summed E-state index contributed by atoms with van der Waals surface area (Å²) in [7, 11) is 0. The molecular formula is C9H11FO2. The van der Waals surface area contributed by atoms with Crippen molar-refractivity contribution >= 4 is 5.97 Å². The van der Waals surface area contributed by atoms with Crippen LogP contribution in [0.3, 0.4) is 0 Å². The van der Waals surface area contributed by atoms with Crippen molar-refractivity contribution in [1.29, 1.82) is 0 Å².